The lowest BCUT2D eigenvalue weighted by atomic mass is 10.0. The van der Waals surface area contributed by atoms with Gasteiger partial charge in [0, 0.05) is 36.9 Å². The van der Waals surface area contributed by atoms with E-state index in [1.54, 1.807) is 22.8 Å². The molecule has 0 spiro atoms. The summed E-state index contributed by atoms with van der Waals surface area (Å²) in [6.07, 6.45) is -2.27. The van der Waals surface area contributed by atoms with E-state index in [0.717, 1.165) is 0 Å². The van der Waals surface area contributed by atoms with E-state index >= 15 is 0 Å². The zero-order valence-electron chi connectivity index (χ0n) is 18.4. The molecule has 4 rings (SSSR count). The third-order valence-electron chi connectivity index (χ3n) is 5.71. The fourth-order valence-electron chi connectivity index (χ4n) is 3.92. The minimum absolute atomic E-state index is 0.148. The maximum absolute atomic E-state index is 14.9. The Morgan fingerprint density at radius 2 is 2.00 bits per heavy atom. The molecular weight excluding hydrogens is 452 g/mol. The number of amides is 2. The fraction of sp³-hybridized carbons (Fsp3) is 0.409. The van der Waals surface area contributed by atoms with Crippen LogP contribution in [0.15, 0.2) is 24.3 Å². The molecule has 0 saturated carbocycles. The van der Waals surface area contributed by atoms with Crippen LogP contribution < -0.4 is 10.2 Å². The van der Waals surface area contributed by atoms with E-state index in [2.05, 4.69) is 15.3 Å². The number of fused-ring (bicyclic) bond motifs is 1. The van der Waals surface area contributed by atoms with Crippen molar-refractivity contribution in [3.05, 3.63) is 47.2 Å². The molecule has 0 unspecified atom stereocenters. The van der Waals surface area contributed by atoms with Crippen LogP contribution in [-0.4, -0.2) is 62.9 Å². The van der Waals surface area contributed by atoms with Crippen molar-refractivity contribution < 1.29 is 23.8 Å². The number of carbonyl (C=O) groups is 1. The van der Waals surface area contributed by atoms with Crippen molar-refractivity contribution in [3.63, 3.8) is 0 Å². The van der Waals surface area contributed by atoms with Crippen LogP contribution in [0.2, 0.25) is 0 Å². The summed E-state index contributed by atoms with van der Waals surface area (Å²) in [6.45, 7) is 5.99. The second-order valence-electron chi connectivity index (χ2n) is 8.20. The highest BCUT2D eigenvalue weighted by Crippen LogP contribution is 2.29. The molecule has 2 aromatic heterocycles. The van der Waals surface area contributed by atoms with Gasteiger partial charge < -0.3 is 20.0 Å². The van der Waals surface area contributed by atoms with E-state index in [4.69, 9.17) is 0 Å². The van der Waals surface area contributed by atoms with Crippen molar-refractivity contribution in [1.82, 2.24) is 14.9 Å². The number of carbonyl (C=O) groups excluding carboxylic acids is 1. The second kappa shape index (κ2) is 9.16. The van der Waals surface area contributed by atoms with Gasteiger partial charge in [0.15, 0.2) is 16.8 Å². The molecule has 8 nitrogen and oxygen atoms in total. The first-order valence-corrected chi connectivity index (χ1v) is 11.4. The summed E-state index contributed by atoms with van der Waals surface area (Å²) in [6, 6.07) is 4.91. The van der Waals surface area contributed by atoms with Gasteiger partial charge in [0.25, 0.3) is 0 Å². The summed E-state index contributed by atoms with van der Waals surface area (Å²) in [4.78, 5) is 24.8. The van der Waals surface area contributed by atoms with Crippen molar-refractivity contribution in [1.29, 1.82) is 0 Å². The molecule has 176 valence electrons. The van der Waals surface area contributed by atoms with Crippen molar-refractivity contribution in [2.75, 3.05) is 29.9 Å². The number of nitrogens with one attached hydrogen (secondary N) is 1. The van der Waals surface area contributed by atoms with Gasteiger partial charge in [-0.05, 0) is 45.0 Å². The molecule has 1 aromatic carbocycles. The Balaban J connectivity index is 1.45. The summed E-state index contributed by atoms with van der Waals surface area (Å²) < 4.78 is 28.9. The zero-order valence-corrected chi connectivity index (χ0v) is 19.2. The lowest BCUT2D eigenvalue weighted by Gasteiger charge is -2.40. The third-order valence-corrected chi connectivity index (χ3v) is 6.65. The Kier molecular flexibility index (Phi) is 6.46. The highest BCUT2D eigenvalue weighted by atomic mass is 32.1. The Labute approximate surface area is 193 Å². The Bertz CT molecular complexity index is 1190. The average Bonchev–Trinajstić information content (AvgIpc) is 3.15. The number of aliphatic hydroxyl groups is 2. The Morgan fingerprint density at radius 3 is 2.70 bits per heavy atom. The summed E-state index contributed by atoms with van der Waals surface area (Å²) in [7, 11) is 0. The van der Waals surface area contributed by atoms with Crippen molar-refractivity contribution in [3.8, 4) is 0 Å². The number of hydrogen-bond donors (Lipinski definition) is 3. The van der Waals surface area contributed by atoms with E-state index in [1.807, 2.05) is 6.92 Å². The normalized spacial score (nSPS) is 18.5. The number of halogens is 2. The lowest BCUT2D eigenvalue weighted by Crippen LogP contribution is -2.55. The van der Waals surface area contributed by atoms with Gasteiger partial charge >= 0.3 is 6.03 Å². The predicted octanol–water partition coefficient (Wildman–Crippen LogP) is 3.43. The first-order chi connectivity index (χ1) is 15.6. The number of anilines is 2. The molecule has 1 saturated heterocycles. The standard InChI is InChI=1S/C22H25F2N5O3S/c1-11-10-28(22(32)27-21-26-17-5-4-14(23)8-18(17)33-21)6-7-29(11)20-16(24)9-15(12(2)25-20)19(31)13(3)30/h4-5,8-9,11,13,19,30-31H,6-7,10H2,1-3H3,(H,26,27,32)/t11-,13+,19-/m0/s1. The number of aryl methyl sites for hydroxylation is 1. The molecule has 2 amide bonds. The molecule has 1 aliphatic heterocycles. The van der Waals surface area contributed by atoms with E-state index in [0.29, 0.717) is 40.7 Å². The van der Waals surface area contributed by atoms with E-state index in [1.165, 1.54) is 36.5 Å². The van der Waals surface area contributed by atoms with Gasteiger partial charge in [0.05, 0.1) is 16.3 Å². The maximum atomic E-state index is 14.9. The lowest BCUT2D eigenvalue weighted by molar-refractivity contribution is 0.0297. The molecule has 1 fully saturated rings. The first-order valence-electron chi connectivity index (χ1n) is 10.6. The summed E-state index contributed by atoms with van der Waals surface area (Å²) in [5, 5.41) is 22.8. The van der Waals surface area contributed by atoms with Crippen LogP contribution in [0.1, 0.15) is 31.2 Å². The third kappa shape index (κ3) is 4.75. The number of aliphatic hydroxyl groups excluding tert-OH is 2. The van der Waals surface area contributed by atoms with Crippen molar-refractivity contribution in [2.24, 2.45) is 0 Å². The van der Waals surface area contributed by atoms with Crippen LogP contribution >= 0.6 is 11.3 Å². The molecule has 0 aliphatic carbocycles. The van der Waals surface area contributed by atoms with Gasteiger partial charge in [-0.15, -0.1) is 0 Å². The van der Waals surface area contributed by atoms with Gasteiger partial charge in [-0.3, -0.25) is 5.32 Å². The van der Waals surface area contributed by atoms with Crippen LogP contribution in [0.5, 0.6) is 0 Å². The quantitative estimate of drug-likeness (QED) is 0.532. The molecule has 0 radical (unpaired) electrons. The van der Waals surface area contributed by atoms with Crippen LogP contribution in [0.3, 0.4) is 0 Å². The molecule has 3 N–H and O–H groups in total. The van der Waals surface area contributed by atoms with Gasteiger partial charge in [0.1, 0.15) is 11.9 Å². The molecular formula is C22H25F2N5O3S. The highest BCUT2D eigenvalue weighted by Gasteiger charge is 2.30. The molecule has 1 aliphatic rings. The largest absolute Gasteiger partial charge is 0.390 e. The van der Waals surface area contributed by atoms with Crippen molar-refractivity contribution in [2.45, 2.75) is 39.0 Å². The highest BCUT2D eigenvalue weighted by molar-refractivity contribution is 7.22. The number of urea groups is 1. The van der Waals surface area contributed by atoms with Gasteiger partial charge in [-0.1, -0.05) is 11.3 Å². The van der Waals surface area contributed by atoms with Gasteiger partial charge in [-0.2, -0.15) is 0 Å². The summed E-state index contributed by atoms with van der Waals surface area (Å²) in [5.74, 6) is -0.810. The van der Waals surface area contributed by atoms with Crippen LogP contribution in [0.4, 0.5) is 24.5 Å². The number of rotatable bonds is 4. The number of pyridine rings is 1. The molecule has 11 heteroatoms. The SMILES string of the molecule is Cc1nc(N2CCN(C(=O)Nc3nc4ccc(F)cc4s3)C[C@@H]2C)c(F)cc1[C@@H](O)[C@@H](C)O. The molecule has 3 heterocycles. The topological polar surface area (TPSA) is 102 Å². The van der Waals surface area contributed by atoms with Crippen LogP contribution in [0, 0.1) is 18.6 Å². The molecule has 0 bridgehead atoms. The smallest absolute Gasteiger partial charge is 0.323 e. The minimum Gasteiger partial charge on any atom is -0.390 e. The van der Waals surface area contributed by atoms with Crippen molar-refractivity contribution >= 4 is 38.5 Å². The van der Waals surface area contributed by atoms with E-state index in [9.17, 15) is 23.8 Å². The molecule has 3 atom stereocenters. The maximum Gasteiger partial charge on any atom is 0.323 e. The number of thiazole rings is 1. The molecule has 33 heavy (non-hydrogen) atoms. The Hall–Kier alpha value is -2.89. The predicted molar refractivity (Wildman–Crippen MR) is 123 cm³/mol. The number of nitrogens with zero attached hydrogens (tertiary/aromatic N) is 4. The first kappa shape index (κ1) is 23.3. The summed E-state index contributed by atoms with van der Waals surface area (Å²) >= 11 is 1.19. The average molecular weight is 478 g/mol. The monoisotopic (exact) mass is 477 g/mol. The van der Waals surface area contributed by atoms with Gasteiger partial charge in [0.2, 0.25) is 0 Å². The van der Waals surface area contributed by atoms with Crippen LogP contribution in [0.25, 0.3) is 10.2 Å². The second-order valence-corrected chi connectivity index (χ2v) is 9.23. The van der Waals surface area contributed by atoms with Gasteiger partial charge in [-0.25, -0.2) is 23.5 Å². The number of benzene rings is 1. The molecule has 3 aromatic rings. The van der Waals surface area contributed by atoms with E-state index < -0.39 is 18.0 Å². The minimum atomic E-state index is -1.22. The fourth-order valence-corrected chi connectivity index (χ4v) is 4.80. The van der Waals surface area contributed by atoms with Crippen LogP contribution in [-0.2, 0) is 0 Å². The zero-order chi connectivity index (χ0) is 23.9. The number of aromatic nitrogens is 2. The Morgan fingerprint density at radius 1 is 1.24 bits per heavy atom. The van der Waals surface area contributed by atoms with E-state index in [-0.39, 0.29) is 29.3 Å². The number of hydrogen-bond acceptors (Lipinski definition) is 7. The summed E-state index contributed by atoms with van der Waals surface area (Å²) in [5.41, 5.74) is 1.28. The number of piperazine rings is 1.